The number of rotatable bonds is 3. The summed E-state index contributed by atoms with van der Waals surface area (Å²) < 4.78 is 29.6. The Morgan fingerprint density at radius 1 is 1.20 bits per heavy atom. The van der Waals surface area contributed by atoms with Crippen molar-refractivity contribution in [2.75, 3.05) is 13.1 Å². The maximum Gasteiger partial charge on any atom is 0.273 e. The molecule has 0 amide bonds. The number of hydrogen-bond donors (Lipinski definition) is 0. The molecule has 3 heterocycles. The molecule has 0 radical (unpaired) electrons. The molecule has 1 fully saturated rings. The number of hydrogen-bond acceptors (Lipinski definition) is 3. The smallest absolute Gasteiger partial charge is 0.273 e. The second kappa shape index (κ2) is 6.67. The monoisotopic (exact) mass is 345 g/mol. The zero-order chi connectivity index (χ0) is 17.4. The number of halogens is 2. The molecule has 2 aromatic rings. The molecule has 1 saturated heterocycles. The number of likely N-dealkylation sites (tertiary alicyclic amines) is 1. The normalized spacial score (nSPS) is 20.6. The molecule has 4 rings (SSSR count). The molecule has 1 aromatic carbocycles. The molecule has 1 atom stereocenters. The van der Waals surface area contributed by atoms with Crippen molar-refractivity contribution < 1.29 is 8.78 Å². The molecule has 132 valence electrons. The predicted octanol–water partition coefficient (Wildman–Crippen LogP) is 2.85. The lowest BCUT2D eigenvalue weighted by Crippen LogP contribution is -2.36. The largest absolute Gasteiger partial charge is 0.333 e. The van der Waals surface area contributed by atoms with Crippen LogP contribution in [-0.2, 0) is 19.5 Å². The van der Waals surface area contributed by atoms with Crippen LogP contribution in [0.4, 0.5) is 8.78 Å². The van der Waals surface area contributed by atoms with Gasteiger partial charge in [0, 0.05) is 49.3 Å². The predicted molar refractivity (Wildman–Crippen MR) is 90.4 cm³/mol. The van der Waals surface area contributed by atoms with E-state index in [1.165, 1.54) is 0 Å². The molecule has 6 heteroatoms. The van der Waals surface area contributed by atoms with Crippen molar-refractivity contribution in [1.82, 2.24) is 14.5 Å². The second-order valence-electron chi connectivity index (χ2n) is 6.98. The number of benzene rings is 1. The minimum atomic E-state index is -0.801. The van der Waals surface area contributed by atoms with E-state index in [0.717, 1.165) is 62.9 Å². The van der Waals surface area contributed by atoms with Crippen LogP contribution in [0.15, 0.2) is 29.1 Å². The summed E-state index contributed by atoms with van der Waals surface area (Å²) in [6.07, 6.45) is 3.86. The Bertz CT molecular complexity index is 849. The van der Waals surface area contributed by atoms with Gasteiger partial charge in [0.2, 0.25) is 0 Å². The van der Waals surface area contributed by atoms with Gasteiger partial charge in [-0.1, -0.05) is 12.1 Å². The van der Waals surface area contributed by atoms with Crippen LogP contribution in [0.1, 0.15) is 42.3 Å². The Morgan fingerprint density at radius 3 is 2.96 bits per heavy atom. The summed E-state index contributed by atoms with van der Waals surface area (Å²) in [4.78, 5) is 18.2. The van der Waals surface area contributed by atoms with Crippen molar-refractivity contribution in [3.05, 3.63) is 63.3 Å². The molecule has 0 aliphatic carbocycles. The molecular weight excluding hydrogens is 324 g/mol. The Balaban J connectivity index is 1.56. The van der Waals surface area contributed by atoms with Gasteiger partial charge in [0.15, 0.2) is 11.6 Å². The first-order valence-corrected chi connectivity index (χ1v) is 8.88. The van der Waals surface area contributed by atoms with E-state index in [1.54, 1.807) is 18.2 Å². The summed E-state index contributed by atoms with van der Waals surface area (Å²) in [6, 6.07) is 5.98. The molecule has 4 nitrogen and oxygen atoms in total. The average molecular weight is 345 g/mol. The molecule has 0 bridgehead atoms. The van der Waals surface area contributed by atoms with Crippen LogP contribution in [-0.4, -0.2) is 27.5 Å². The molecule has 1 unspecified atom stereocenters. The van der Waals surface area contributed by atoms with E-state index in [-0.39, 0.29) is 11.5 Å². The highest BCUT2D eigenvalue weighted by atomic mass is 19.2. The van der Waals surface area contributed by atoms with Crippen LogP contribution in [0.3, 0.4) is 0 Å². The third-order valence-electron chi connectivity index (χ3n) is 5.27. The third kappa shape index (κ3) is 3.23. The lowest BCUT2D eigenvalue weighted by Gasteiger charge is -2.34. The number of aromatic nitrogens is 2. The van der Waals surface area contributed by atoms with E-state index >= 15 is 0 Å². The first-order chi connectivity index (χ1) is 12.1. The van der Waals surface area contributed by atoms with Gasteiger partial charge in [-0.3, -0.25) is 9.69 Å². The van der Waals surface area contributed by atoms with Crippen LogP contribution < -0.4 is 5.56 Å². The Morgan fingerprint density at radius 2 is 2.08 bits per heavy atom. The van der Waals surface area contributed by atoms with E-state index in [0.29, 0.717) is 12.1 Å². The number of aryl methyl sites for hydroxylation is 1. The fourth-order valence-electron chi connectivity index (χ4n) is 4.11. The summed E-state index contributed by atoms with van der Waals surface area (Å²) in [6.45, 7) is 2.91. The maximum atomic E-state index is 14.0. The molecular formula is C19H21F2N3O. The van der Waals surface area contributed by atoms with E-state index < -0.39 is 11.6 Å². The lowest BCUT2D eigenvalue weighted by atomic mass is 9.93. The first kappa shape index (κ1) is 16.4. The van der Waals surface area contributed by atoms with Crippen molar-refractivity contribution in [3.8, 4) is 0 Å². The van der Waals surface area contributed by atoms with Gasteiger partial charge in [-0.05, 0) is 31.9 Å². The van der Waals surface area contributed by atoms with Crippen LogP contribution in [0.2, 0.25) is 0 Å². The van der Waals surface area contributed by atoms with Crippen LogP contribution in [0, 0.1) is 11.6 Å². The number of piperidine rings is 1. The highest BCUT2D eigenvalue weighted by Gasteiger charge is 2.27. The van der Waals surface area contributed by atoms with Crippen molar-refractivity contribution in [3.63, 3.8) is 0 Å². The zero-order valence-corrected chi connectivity index (χ0v) is 14.0. The van der Waals surface area contributed by atoms with Crippen molar-refractivity contribution in [2.45, 2.75) is 44.7 Å². The Hall–Kier alpha value is -2.08. The van der Waals surface area contributed by atoms with Gasteiger partial charge in [-0.15, -0.1) is 0 Å². The van der Waals surface area contributed by atoms with Gasteiger partial charge in [-0.25, -0.2) is 8.78 Å². The van der Waals surface area contributed by atoms with Crippen molar-refractivity contribution in [2.24, 2.45) is 0 Å². The molecule has 2 aliphatic heterocycles. The van der Waals surface area contributed by atoms with Gasteiger partial charge in [-0.2, -0.15) is 4.98 Å². The van der Waals surface area contributed by atoms with Crippen molar-refractivity contribution in [1.29, 1.82) is 0 Å². The van der Waals surface area contributed by atoms with Gasteiger partial charge in [0.1, 0.15) is 5.82 Å². The van der Waals surface area contributed by atoms with E-state index in [9.17, 15) is 13.6 Å². The van der Waals surface area contributed by atoms with E-state index in [2.05, 4.69) is 14.5 Å². The van der Waals surface area contributed by atoms with Gasteiger partial charge >= 0.3 is 0 Å². The van der Waals surface area contributed by atoms with Crippen LogP contribution in [0.25, 0.3) is 0 Å². The van der Waals surface area contributed by atoms with Gasteiger partial charge in [0.05, 0.1) is 0 Å². The summed E-state index contributed by atoms with van der Waals surface area (Å²) in [7, 11) is 0. The average Bonchev–Trinajstić information content (AvgIpc) is 3.07. The topological polar surface area (TPSA) is 38.1 Å². The third-order valence-corrected chi connectivity index (χ3v) is 5.27. The minimum Gasteiger partial charge on any atom is -0.333 e. The lowest BCUT2D eigenvalue weighted by molar-refractivity contribution is 0.193. The quantitative estimate of drug-likeness (QED) is 0.859. The fraction of sp³-hybridized carbons (Fsp3) is 0.474. The highest BCUT2D eigenvalue weighted by molar-refractivity contribution is 5.20. The van der Waals surface area contributed by atoms with Crippen LogP contribution >= 0.6 is 0 Å². The summed E-state index contributed by atoms with van der Waals surface area (Å²) in [5.41, 5.74) is 1.27. The van der Waals surface area contributed by atoms with E-state index in [1.807, 2.05) is 0 Å². The number of nitrogens with zero attached hydrogens (tertiary/aromatic N) is 3. The summed E-state index contributed by atoms with van der Waals surface area (Å²) in [5, 5.41) is 0. The van der Waals surface area contributed by atoms with Gasteiger partial charge in [0.25, 0.3) is 5.56 Å². The van der Waals surface area contributed by atoms with Gasteiger partial charge < -0.3 is 4.57 Å². The Labute approximate surface area is 145 Å². The minimum absolute atomic E-state index is 0.170. The molecule has 0 saturated carbocycles. The highest BCUT2D eigenvalue weighted by Crippen LogP contribution is 2.29. The molecule has 0 spiro atoms. The van der Waals surface area contributed by atoms with E-state index in [4.69, 9.17) is 0 Å². The molecule has 2 aliphatic rings. The SMILES string of the molecule is O=c1cc(C2CCCN(Cc3cccc(F)c3F)C2)n2c(n1)CCC2. The van der Waals surface area contributed by atoms with Crippen molar-refractivity contribution >= 4 is 0 Å². The maximum absolute atomic E-state index is 14.0. The molecule has 0 N–H and O–H groups in total. The Kier molecular flexibility index (Phi) is 4.37. The first-order valence-electron chi connectivity index (χ1n) is 8.88. The summed E-state index contributed by atoms with van der Waals surface area (Å²) >= 11 is 0. The molecule has 1 aromatic heterocycles. The molecule has 25 heavy (non-hydrogen) atoms. The fourth-order valence-corrected chi connectivity index (χ4v) is 4.11. The summed E-state index contributed by atoms with van der Waals surface area (Å²) in [5.74, 6) is -0.441. The standard InChI is InChI=1S/C19H21F2N3O/c20-15-6-1-4-14(19(15)21)12-23-8-2-5-13(11-23)16-10-18(25)22-17-7-3-9-24(16)17/h1,4,6,10,13H,2-3,5,7-9,11-12H2. The number of fused-ring (bicyclic) bond motifs is 1. The van der Waals surface area contributed by atoms with Crippen LogP contribution in [0.5, 0.6) is 0 Å². The second-order valence-corrected chi connectivity index (χ2v) is 6.98. The zero-order valence-electron chi connectivity index (χ0n) is 14.0.